The maximum absolute atomic E-state index is 11.9. The number of nitrogens with one attached hydrogen (secondary N) is 1. The number of amides is 1. The molecule has 1 aliphatic rings. The number of nitrogens with zero attached hydrogens (tertiary/aromatic N) is 2. The first-order chi connectivity index (χ1) is 8.18. The van der Waals surface area contributed by atoms with E-state index in [0.29, 0.717) is 18.4 Å². The third-order valence-corrected chi connectivity index (χ3v) is 2.96. The molecule has 1 fully saturated rings. The fourth-order valence-electron chi connectivity index (χ4n) is 1.81. The molecule has 1 heterocycles. The van der Waals surface area contributed by atoms with Gasteiger partial charge < -0.3 is 10.1 Å². The Morgan fingerprint density at radius 3 is 2.47 bits per heavy atom. The number of esters is 1. The number of hydrogen-bond donors (Lipinski definition) is 1. The molecule has 0 bridgehead atoms. The van der Waals surface area contributed by atoms with Gasteiger partial charge in [0, 0.05) is 12.4 Å². The minimum atomic E-state index is -0.859. The summed E-state index contributed by atoms with van der Waals surface area (Å²) < 4.78 is 4.71. The summed E-state index contributed by atoms with van der Waals surface area (Å²) in [6.07, 6.45) is 6.28. The highest BCUT2D eigenvalue weighted by Gasteiger charge is 2.46. The van der Waals surface area contributed by atoms with Gasteiger partial charge in [-0.15, -0.1) is 0 Å². The van der Waals surface area contributed by atoms with Crippen molar-refractivity contribution >= 4 is 11.9 Å². The van der Waals surface area contributed by atoms with Crippen LogP contribution in [0.2, 0.25) is 0 Å². The topological polar surface area (TPSA) is 81.2 Å². The lowest BCUT2D eigenvalue weighted by Crippen LogP contribution is -2.59. The van der Waals surface area contributed by atoms with Gasteiger partial charge in [0.25, 0.3) is 5.91 Å². The average Bonchev–Trinajstić information content (AvgIpc) is 2.33. The molecular formula is C11H13N3O3. The lowest BCUT2D eigenvalue weighted by molar-refractivity contribution is -0.152. The Kier molecular flexibility index (Phi) is 3.03. The highest BCUT2D eigenvalue weighted by atomic mass is 16.5. The van der Waals surface area contributed by atoms with Crippen molar-refractivity contribution in [3.63, 3.8) is 0 Å². The zero-order valence-electron chi connectivity index (χ0n) is 9.47. The van der Waals surface area contributed by atoms with Crippen LogP contribution in [0.25, 0.3) is 0 Å². The second-order valence-corrected chi connectivity index (χ2v) is 4.01. The Labute approximate surface area is 98.4 Å². The van der Waals surface area contributed by atoms with Crippen LogP contribution in [-0.4, -0.2) is 34.5 Å². The van der Waals surface area contributed by atoms with Crippen LogP contribution in [0.15, 0.2) is 18.7 Å². The largest absolute Gasteiger partial charge is 0.467 e. The maximum atomic E-state index is 11.9. The lowest BCUT2D eigenvalue weighted by atomic mass is 9.76. The van der Waals surface area contributed by atoms with Crippen molar-refractivity contribution < 1.29 is 14.3 Å². The smallest absolute Gasteiger partial charge is 0.331 e. The molecule has 1 amide bonds. The Morgan fingerprint density at radius 1 is 1.35 bits per heavy atom. The van der Waals surface area contributed by atoms with Gasteiger partial charge in [-0.2, -0.15) is 0 Å². The number of methoxy groups -OCH3 is 1. The molecule has 0 unspecified atom stereocenters. The van der Waals surface area contributed by atoms with E-state index in [0.717, 1.165) is 6.42 Å². The lowest BCUT2D eigenvalue weighted by Gasteiger charge is -2.39. The summed E-state index contributed by atoms with van der Waals surface area (Å²) in [4.78, 5) is 31.0. The summed E-state index contributed by atoms with van der Waals surface area (Å²) in [5.41, 5.74) is -0.524. The first-order valence-electron chi connectivity index (χ1n) is 5.34. The van der Waals surface area contributed by atoms with Crippen molar-refractivity contribution in [3.8, 4) is 0 Å². The molecule has 2 rings (SSSR count). The van der Waals surface area contributed by atoms with Gasteiger partial charge in [-0.05, 0) is 19.3 Å². The van der Waals surface area contributed by atoms with Crippen LogP contribution in [0, 0.1) is 0 Å². The number of rotatable bonds is 3. The number of hydrogen-bond acceptors (Lipinski definition) is 5. The van der Waals surface area contributed by atoms with Crippen LogP contribution in [0.5, 0.6) is 0 Å². The van der Waals surface area contributed by atoms with Crippen LogP contribution in [-0.2, 0) is 9.53 Å². The summed E-state index contributed by atoms with van der Waals surface area (Å²) in [6.45, 7) is 0. The predicted octanol–water partition coefficient (Wildman–Crippen LogP) is 0.302. The highest BCUT2D eigenvalue weighted by molar-refractivity contribution is 5.98. The third-order valence-electron chi connectivity index (χ3n) is 2.96. The van der Waals surface area contributed by atoms with Gasteiger partial charge in [-0.3, -0.25) is 4.79 Å². The molecule has 90 valence electrons. The van der Waals surface area contributed by atoms with Gasteiger partial charge in [-0.1, -0.05) is 0 Å². The molecule has 0 atom stereocenters. The minimum Gasteiger partial charge on any atom is -0.467 e. The second kappa shape index (κ2) is 4.48. The van der Waals surface area contributed by atoms with E-state index in [1.807, 2.05) is 0 Å². The van der Waals surface area contributed by atoms with E-state index in [9.17, 15) is 9.59 Å². The van der Waals surface area contributed by atoms with Crippen molar-refractivity contribution in [3.05, 3.63) is 24.3 Å². The van der Waals surface area contributed by atoms with Gasteiger partial charge >= 0.3 is 5.97 Å². The van der Waals surface area contributed by atoms with E-state index >= 15 is 0 Å². The Hall–Kier alpha value is -1.98. The first kappa shape index (κ1) is 11.5. The van der Waals surface area contributed by atoms with Crippen LogP contribution in [0.3, 0.4) is 0 Å². The minimum absolute atomic E-state index is 0.336. The fraction of sp³-hybridized carbons (Fsp3) is 0.455. The highest BCUT2D eigenvalue weighted by Crippen LogP contribution is 2.33. The Balaban J connectivity index is 2.10. The summed E-state index contributed by atoms with van der Waals surface area (Å²) in [5, 5.41) is 2.70. The third kappa shape index (κ3) is 2.11. The zero-order valence-corrected chi connectivity index (χ0v) is 9.47. The van der Waals surface area contributed by atoms with E-state index in [2.05, 4.69) is 15.3 Å². The molecule has 1 aromatic heterocycles. The first-order valence-corrected chi connectivity index (χ1v) is 5.34. The molecule has 1 aromatic rings. The maximum Gasteiger partial charge on any atom is 0.331 e. The molecule has 17 heavy (non-hydrogen) atoms. The van der Waals surface area contributed by atoms with Gasteiger partial charge in [0.2, 0.25) is 0 Å². The van der Waals surface area contributed by atoms with Crippen molar-refractivity contribution in [2.45, 2.75) is 24.8 Å². The number of aromatic nitrogens is 2. The van der Waals surface area contributed by atoms with E-state index in [-0.39, 0.29) is 5.91 Å². The molecule has 0 aromatic carbocycles. The molecule has 0 spiro atoms. The normalized spacial score (nSPS) is 16.8. The quantitative estimate of drug-likeness (QED) is 0.762. The molecule has 1 N–H and O–H groups in total. The van der Waals surface area contributed by atoms with Gasteiger partial charge in [0.1, 0.15) is 11.9 Å². The average molecular weight is 235 g/mol. The monoisotopic (exact) mass is 235 g/mol. The van der Waals surface area contributed by atoms with Gasteiger partial charge in [-0.25, -0.2) is 14.8 Å². The van der Waals surface area contributed by atoms with Crippen molar-refractivity contribution in [2.24, 2.45) is 0 Å². The van der Waals surface area contributed by atoms with Crippen LogP contribution in [0.4, 0.5) is 0 Å². The molecular weight excluding hydrogens is 222 g/mol. The predicted molar refractivity (Wildman–Crippen MR) is 58.1 cm³/mol. The van der Waals surface area contributed by atoms with Crippen molar-refractivity contribution in [1.29, 1.82) is 0 Å². The number of carbonyl (C=O) groups excluding carboxylic acids is 2. The molecule has 6 heteroatoms. The SMILES string of the molecule is COC(=O)C1(NC(=O)c2cncnc2)CCC1. The fourth-order valence-corrected chi connectivity index (χ4v) is 1.81. The summed E-state index contributed by atoms with van der Waals surface area (Å²) in [7, 11) is 1.32. The molecule has 1 saturated carbocycles. The van der Waals surface area contributed by atoms with E-state index < -0.39 is 11.5 Å². The molecule has 6 nitrogen and oxygen atoms in total. The van der Waals surface area contributed by atoms with Crippen molar-refractivity contribution in [1.82, 2.24) is 15.3 Å². The molecule has 0 radical (unpaired) electrons. The standard InChI is InChI=1S/C11H13N3O3/c1-17-10(16)11(3-2-4-11)14-9(15)8-5-12-7-13-6-8/h5-7H,2-4H2,1H3,(H,14,15). The van der Waals surface area contributed by atoms with Crippen LogP contribution in [0.1, 0.15) is 29.6 Å². The molecule has 1 aliphatic carbocycles. The van der Waals surface area contributed by atoms with Crippen LogP contribution >= 0.6 is 0 Å². The number of carbonyl (C=O) groups is 2. The Morgan fingerprint density at radius 2 is 2.00 bits per heavy atom. The summed E-state index contributed by atoms with van der Waals surface area (Å²) in [5.74, 6) is -0.746. The zero-order chi connectivity index (χ0) is 12.3. The molecule has 0 aliphatic heterocycles. The summed E-state index contributed by atoms with van der Waals surface area (Å²) >= 11 is 0. The van der Waals surface area contributed by atoms with Crippen molar-refractivity contribution in [2.75, 3.05) is 7.11 Å². The van der Waals surface area contributed by atoms with Gasteiger partial charge in [0.05, 0.1) is 12.7 Å². The van der Waals surface area contributed by atoms with E-state index in [1.54, 1.807) is 0 Å². The summed E-state index contributed by atoms with van der Waals surface area (Å²) in [6, 6.07) is 0. The molecule has 0 saturated heterocycles. The van der Waals surface area contributed by atoms with E-state index in [1.165, 1.54) is 25.8 Å². The van der Waals surface area contributed by atoms with Gasteiger partial charge in [0.15, 0.2) is 0 Å². The van der Waals surface area contributed by atoms with E-state index in [4.69, 9.17) is 4.74 Å². The van der Waals surface area contributed by atoms with Crippen LogP contribution < -0.4 is 5.32 Å². The Bertz CT molecular complexity index is 429. The second-order valence-electron chi connectivity index (χ2n) is 4.01. The number of ether oxygens (including phenoxy) is 1.